The van der Waals surface area contributed by atoms with E-state index in [-0.39, 0.29) is 22.4 Å². The summed E-state index contributed by atoms with van der Waals surface area (Å²) in [7, 11) is 1.52. The summed E-state index contributed by atoms with van der Waals surface area (Å²) in [5.41, 5.74) is 1.15. The average Bonchev–Trinajstić information content (AvgIpc) is 2.97. The van der Waals surface area contributed by atoms with Gasteiger partial charge in [0.2, 0.25) is 0 Å². The van der Waals surface area contributed by atoms with Gasteiger partial charge in [0.15, 0.2) is 11.6 Å². The standard InChI is InChI=1S/C11H9BrFNO2/c1-14-11(15)6-2-5-4-3-7(4)16-10(5)9(13)8(6)12/h2,4,7H,3H2,1H3,(H,14,15). The lowest BCUT2D eigenvalue weighted by Crippen LogP contribution is -2.19. The lowest BCUT2D eigenvalue weighted by Gasteiger charge is -2.10. The molecule has 1 aromatic rings. The van der Waals surface area contributed by atoms with Gasteiger partial charge in [0.05, 0.1) is 10.0 Å². The van der Waals surface area contributed by atoms with Crippen molar-refractivity contribution in [2.45, 2.75) is 18.4 Å². The molecule has 3 nitrogen and oxygen atoms in total. The van der Waals surface area contributed by atoms with Crippen molar-refractivity contribution in [2.75, 3.05) is 7.05 Å². The van der Waals surface area contributed by atoms with Gasteiger partial charge in [-0.1, -0.05) is 0 Å². The first-order chi connectivity index (χ1) is 7.63. The van der Waals surface area contributed by atoms with E-state index in [1.165, 1.54) is 7.05 Å². The van der Waals surface area contributed by atoms with E-state index in [0.717, 1.165) is 12.0 Å². The van der Waals surface area contributed by atoms with Crippen LogP contribution in [0.4, 0.5) is 4.39 Å². The van der Waals surface area contributed by atoms with Gasteiger partial charge in [-0.25, -0.2) is 4.39 Å². The quantitative estimate of drug-likeness (QED) is 0.859. The molecule has 3 rings (SSSR count). The molecule has 84 valence electrons. The van der Waals surface area contributed by atoms with E-state index >= 15 is 0 Å². The molecule has 16 heavy (non-hydrogen) atoms. The fourth-order valence-electron chi connectivity index (χ4n) is 2.10. The third-order valence-corrected chi connectivity index (χ3v) is 3.84. The number of benzene rings is 1. The molecule has 1 aliphatic heterocycles. The molecule has 1 amide bonds. The SMILES string of the molecule is CNC(=O)c1cc2c(c(F)c1Br)OC1CC21. The van der Waals surface area contributed by atoms with E-state index in [1.807, 2.05) is 0 Å². The van der Waals surface area contributed by atoms with Crippen LogP contribution in [0, 0.1) is 5.82 Å². The van der Waals surface area contributed by atoms with Crippen molar-refractivity contribution in [3.05, 3.63) is 27.5 Å². The van der Waals surface area contributed by atoms with Crippen molar-refractivity contribution >= 4 is 21.8 Å². The van der Waals surface area contributed by atoms with Crippen LogP contribution in [0.3, 0.4) is 0 Å². The van der Waals surface area contributed by atoms with Gasteiger partial charge >= 0.3 is 0 Å². The molecule has 0 saturated heterocycles. The minimum atomic E-state index is -0.469. The number of amides is 1. The van der Waals surface area contributed by atoms with Gasteiger partial charge in [0, 0.05) is 18.5 Å². The lowest BCUT2D eigenvalue weighted by molar-refractivity contribution is 0.0961. The molecule has 2 unspecified atom stereocenters. The number of carbonyl (C=O) groups excluding carboxylic acids is 1. The highest BCUT2D eigenvalue weighted by Gasteiger charge is 2.50. The number of nitrogens with one attached hydrogen (secondary N) is 1. The highest BCUT2D eigenvalue weighted by molar-refractivity contribution is 9.10. The summed E-state index contributed by atoms with van der Waals surface area (Å²) < 4.78 is 19.5. The zero-order valence-electron chi connectivity index (χ0n) is 8.51. The molecule has 1 N–H and O–H groups in total. The molecule has 0 radical (unpaired) electrons. The molecule has 1 saturated carbocycles. The number of hydrogen-bond acceptors (Lipinski definition) is 2. The Kier molecular flexibility index (Phi) is 2.01. The predicted octanol–water partition coefficient (Wildman–Crippen LogP) is 2.20. The Morgan fingerprint density at radius 3 is 3.12 bits per heavy atom. The van der Waals surface area contributed by atoms with Crippen LogP contribution < -0.4 is 10.1 Å². The monoisotopic (exact) mass is 285 g/mol. The minimum Gasteiger partial charge on any atom is -0.486 e. The number of ether oxygens (including phenoxy) is 1. The van der Waals surface area contributed by atoms with Gasteiger partial charge in [-0.05, 0) is 28.4 Å². The second-order valence-electron chi connectivity index (χ2n) is 4.05. The molecule has 1 aromatic carbocycles. The van der Waals surface area contributed by atoms with Crippen LogP contribution in [0.1, 0.15) is 28.3 Å². The molecule has 1 aliphatic carbocycles. The van der Waals surface area contributed by atoms with Gasteiger partial charge in [0.1, 0.15) is 6.10 Å². The third-order valence-electron chi connectivity index (χ3n) is 3.06. The Labute approximate surface area is 100 Å². The second kappa shape index (κ2) is 3.20. The topological polar surface area (TPSA) is 38.3 Å². The number of fused-ring (bicyclic) bond motifs is 3. The van der Waals surface area contributed by atoms with E-state index in [2.05, 4.69) is 21.2 Å². The van der Waals surface area contributed by atoms with Crippen LogP contribution in [0.5, 0.6) is 5.75 Å². The van der Waals surface area contributed by atoms with Crippen LogP contribution in [0.2, 0.25) is 0 Å². The third kappa shape index (κ3) is 1.21. The Morgan fingerprint density at radius 1 is 1.69 bits per heavy atom. The van der Waals surface area contributed by atoms with Crippen molar-refractivity contribution < 1.29 is 13.9 Å². The Hall–Kier alpha value is -1.10. The Morgan fingerprint density at radius 2 is 2.44 bits per heavy atom. The van der Waals surface area contributed by atoms with Crippen LogP contribution in [-0.2, 0) is 0 Å². The minimum absolute atomic E-state index is 0.122. The number of halogens is 2. The summed E-state index contributed by atoms with van der Waals surface area (Å²) in [4.78, 5) is 11.6. The summed E-state index contributed by atoms with van der Waals surface area (Å²) in [5.74, 6) is -0.178. The molecule has 5 heteroatoms. The van der Waals surface area contributed by atoms with Crippen molar-refractivity contribution in [3.63, 3.8) is 0 Å². The van der Waals surface area contributed by atoms with Crippen molar-refractivity contribution in [2.24, 2.45) is 0 Å². The van der Waals surface area contributed by atoms with Crippen LogP contribution in [0.25, 0.3) is 0 Å². The van der Waals surface area contributed by atoms with Crippen LogP contribution >= 0.6 is 15.9 Å². The van der Waals surface area contributed by atoms with Gasteiger partial charge < -0.3 is 10.1 Å². The number of rotatable bonds is 1. The van der Waals surface area contributed by atoms with Gasteiger partial charge in [-0.3, -0.25) is 4.79 Å². The molecule has 1 fully saturated rings. The van der Waals surface area contributed by atoms with Crippen molar-refractivity contribution in [1.29, 1.82) is 0 Å². The molecular formula is C11H9BrFNO2. The summed E-state index contributed by atoms with van der Waals surface area (Å²) in [6.45, 7) is 0. The van der Waals surface area contributed by atoms with E-state index in [0.29, 0.717) is 11.3 Å². The summed E-state index contributed by atoms with van der Waals surface area (Å²) in [6.07, 6.45) is 1.05. The fourth-order valence-corrected chi connectivity index (χ4v) is 2.58. The maximum atomic E-state index is 13.9. The molecular weight excluding hydrogens is 277 g/mol. The normalized spacial score (nSPS) is 24.4. The van der Waals surface area contributed by atoms with Crippen LogP contribution in [0.15, 0.2) is 10.5 Å². The van der Waals surface area contributed by atoms with Gasteiger partial charge in [0.25, 0.3) is 5.91 Å². The zero-order chi connectivity index (χ0) is 11.4. The number of hydrogen-bond donors (Lipinski definition) is 1. The van der Waals surface area contributed by atoms with E-state index < -0.39 is 5.82 Å². The molecule has 2 aliphatic rings. The highest BCUT2D eigenvalue weighted by atomic mass is 79.9. The lowest BCUT2D eigenvalue weighted by atomic mass is 10.1. The first-order valence-corrected chi connectivity index (χ1v) is 5.83. The zero-order valence-corrected chi connectivity index (χ0v) is 10.1. The molecule has 0 aromatic heterocycles. The summed E-state index contributed by atoms with van der Waals surface area (Å²) in [5, 5.41) is 2.49. The van der Waals surface area contributed by atoms with E-state index in [9.17, 15) is 9.18 Å². The van der Waals surface area contributed by atoms with Crippen molar-refractivity contribution in [3.8, 4) is 5.75 Å². The van der Waals surface area contributed by atoms with Crippen LogP contribution in [-0.4, -0.2) is 19.1 Å². The van der Waals surface area contributed by atoms with E-state index in [4.69, 9.17) is 4.74 Å². The van der Waals surface area contributed by atoms with E-state index in [1.54, 1.807) is 6.07 Å². The molecule has 2 atom stereocenters. The molecule has 0 spiro atoms. The van der Waals surface area contributed by atoms with Crippen molar-refractivity contribution in [1.82, 2.24) is 5.32 Å². The maximum absolute atomic E-state index is 13.9. The summed E-state index contributed by atoms with van der Waals surface area (Å²) >= 11 is 3.09. The number of carbonyl (C=O) groups is 1. The maximum Gasteiger partial charge on any atom is 0.252 e. The Bertz CT molecular complexity index is 503. The first-order valence-electron chi connectivity index (χ1n) is 5.04. The fraction of sp³-hybridized carbons (Fsp3) is 0.364. The van der Waals surface area contributed by atoms with Gasteiger partial charge in [-0.2, -0.15) is 0 Å². The largest absolute Gasteiger partial charge is 0.486 e. The average molecular weight is 286 g/mol. The molecule has 1 heterocycles. The van der Waals surface area contributed by atoms with Gasteiger partial charge in [-0.15, -0.1) is 0 Å². The molecule has 0 bridgehead atoms. The summed E-state index contributed by atoms with van der Waals surface area (Å²) in [6, 6.07) is 1.72. The first kappa shape index (κ1) is 10.1. The second-order valence-corrected chi connectivity index (χ2v) is 4.84. The highest BCUT2D eigenvalue weighted by Crippen LogP contribution is 2.55. The Balaban J connectivity index is 2.17. The smallest absolute Gasteiger partial charge is 0.252 e. The predicted molar refractivity (Wildman–Crippen MR) is 59.3 cm³/mol.